The molecule has 1 amide bonds. The minimum absolute atomic E-state index is 0.00807. The van der Waals surface area contributed by atoms with E-state index in [1.807, 2.05) is 49.4 Å². The topological polar surface area (TPSA) is 58.1 Å². The molecule has 0 atom stereocenters. The molecule has 0 bridgehead atoms. The number of halogens is 1. The molecule has 2 heterocycles. The predicted octanol–water partition coefficient (Wildman–Crippen LogP) is 4.45. The average Bonchev–Trinajstić information content (AvgIpc) is 2.74. The number of piperidine rings is 1. The van der Waals surface area contributed by atoms with Crippen molar-refractivity contribution in [1.29, 1.82) is 0 Å². The van der Waals surface area contributed by atoms with Crippen molar-refractivity contribution in [3.63, 3.8) is 0 Å². The van der Waals surface area contributed by atoms with Crippen LogP contribution in [0.2, 0.25) is 0 Å². The maximum atomic E-state index is 13.4. The summed E-state index contributed by atoms with van der Waals surface area (Å²) in [5, 5.41) is 11.6. The molecule has 0 radical (unpaired) electrons. The molecule has 5 nitrogen and oxygen atoms in total. The van der Waals surface area contributed by atoms with Gasteiger partial charge in [0, 0.05) is 30.3 Å². The highest BCUT2D eigenvalue weighted by molar-refractivity contribution is 5.92. The first-order chi connectivity index (χ1) is 14.1. The molecule has 0 aliphatic carbocycles. The molecule has 1 N–H and O–H groups in total. The first-order valence-corrected chi connectivity index (χ1v) is 9.80. The summed E-state index contributed by atoms with van der Waals surface area (Å²) in [5.41, 5.74) is 3.31. The quantitative estimate of drug-likeness (QED) is 0.715. The van der Waals surface area contributed by atoms with Gasteiger partial charge in [0.05, 0.1) is 5.69 Å². The van der Waals surface area contributed by atoms with Crippen LogP contribution in [0, 0.1) is 18.7 Å². The van der Waals surface area contributed by atoms with E-state index < -0.39 is 0 Å². The van der Waals surface area contributed by atoms with Crippen molar-refractivity contribution < 1.29 is 9.18 Å². The van der Waals surface area contributed by atoms with E-state index >= 15 is 0 Å². The maximum absolute atomic E-state index is 13.4. The SMILES string of the molecule is Cc1cccc(NC(=O)C2CCN(c3ccc(-c4cccc(F)c4)nn3)CC2)c1. The number of benzene rings is 2. The largest absolute Gasteiger partial charge is 0.355 e. The molecule has 148 valence electrons. The van der Waals surface area contributed by atoms with Gasteiger partial charge in [-0.3, -0.25) is 4.79 Å². The second kappa shape index (κ2) is 8.39. The Morgan fingerprint density at radius 3 is 2.52 bits per heavy atom. The van der Waals surface area contributed by atoms with Gasteiger partial charge in [-0.05, 0) is 61.7 Å². The van der Waals surface area contributed by atoms with E-state index in [1.54, 1.807) is 6.07 Å². The number of rotatable bonds is 4. The van der Waals surface area contributed by atoms with Crippen molar-refractivity contribution in [3.8, 4) is 11.3 Å². The van der Waals surface area contributed by atoms with Gasteiger partial charge in [-0.1, -0.05) is 24.3 Å². The van der Waals surface area contributed by atoms with Gasteiger partial charge in [0.2, 0.25) is 5.91 Å². The van der Waals surface area contributed by atoms with Crippen LogP contribution in [0.15, 0.2) is 60.7 Å². The Labute approximate surface area is 169 Å². The Kier molecular flexibility index (Phi) is 5.51. The summed E-state index contributed by atoms with van der Waals surface area (Å²) in [7, 11) is 0. The molecule has 6 heteroatoms. The standard InChI is InChI=1S/C23H23FN4O/c1-16-4-2-7-20(14-16)25-23(29)17-10-12-28(13-11-17)22-9-8-21(26-27-22)18-5-3-6-19(24)15-18/h2-9,14-15,17H,10-13H2,1H3,(H,25,29). The second-order valence-corrected chi connectivity index (χ2v) is 7.41. The van der Waals surface area contributed by atoms with Crippen molar-refractivity contribution in [1.82, 2.24) is 10.2 Å². The minimum atomic E-state index is -0.292. The molecule has 29 heavy (non-hydrogen) atoms. The zero-order valence-electron chi connectivity index (χ0n) is 16.3. The number of nitrogens with one attached hydrogen (secondary N) is 1. The van der Waals surface area contributed by atoms with Crippen LogP contribution in [-0.2, 0) is 4.79 Å². The van der Waals surface area contributed by atoms with Gasteiger partial charge < -0.3 is 10.2 Å². The van der Waals surface area contributed by atoms with Gasteiger partial charge >= 0.3 is 0 Å². The van der Waals surface area contributed by atoms with Crippen molar-refractivity contribution in [3.05, 3.63) is 72.0 Å². The van der Waals surface area contributed by atoms with E-state index in [0.717, 1.165) is 43.0 Å². The lowest BCUT2D eigenvalue weighted by Crippen LogP contribution is -2.38. The van der Waals surface area contributed by atoms with Crippen LogP contribution in [0.4, 0.5) is 15.9 Å². The number of aryl methyl sites for hydroxylation is 1. The molecule has 3 aromatic rings. The van der Waals surface area contributed by atoms with Gasteiger partial charge in [-0.2, -0.15) is 0 Å². The van der Waals surface area contributed by atoms with Crippen LogP contribution in [0.25, 0.3) is 11.3 Å². The number of carbonyl (C=O) groups excluding carboxylic acids is 1. The van der Waals surface area contributed by atoms with E-state index in [0.29, 0.717) is 11.3 Å². The lowest BCUT2D eigenvalue weighted by atomic mass is 9.95. The Bertz CT molecular complexity index is 998. The number of carbonyl (C=O) groups is 1. The molecular weight excluding hydrogens is 367 g/mol. The fourth-order valence-electron chi connectivity index (χ4n) is 3.63. The molecule has 0 saturated carbocycles. The van der Waals surface area contributed by atoms with Crippen LogP contribution in [0.5, 0.6) is 0 Å². The molecule has 2 aromatic carbocycles. The Balaban J connectivity index is 1.35. The summed E-state index contributed by atoms with van der Waals surface area (Å²) >= 11 is 0. The van der Waals surface area contributed by atoms with Gasteiger partial charge in [0.25, 0.3) is 0 Å². The summed E-state index contributed by atoms with van der Waals surface area (Å²) < 4.78 is 13.4. The van der Waals surface area contributed by atoms with E-state index in [2.05, 4.69) is 20.4 Å². The van der Waals surface area contributed by atoms with Crippen LogP contribution < -0.4 is 10.2 Å². The normalized spacial score (nSPS) is 14.6. The van der Waals surface area contributed by atoms with Crippen LogP contribution in [0.3, 0.4) is 0 Å². The van der Waals surface area contributed by atoms with Crippen LogP contribution in [-0.4, -0.2) is 29.2 Å². The summed E-state index contributed by atoms with van der Waals surface area (Å²) in [6.07, 6.45) is 1.54. The van der Waals surface area contributed by atoms with E-state index in [-0.39, 0.29) is 17.6 Å². The van der Waals surface area contributed by atoms with Crippen molar-refractivity contribution in [2.75, 3.05) is 23.3 Å². The highest BCUT2D eigenvalue weighted by Crippen LogP contribution is 2.25. The molecular formula is C23H23FN4O. The number of nitrogens with zero attached hydrogens (tertiary/aromatic N) is 3. The fraction of sp³-hybridized carbons (Fsp3) is 0.261. The summed E-state index contributed by atoms with van der Waals surface area (Å²) in [6.45, 7) is 3.51. The second-order valence-electron chi connectivity index (χ2n) is 7.41. The van der Waals surface area contributed by atoms with E-state index in [9.17, 15) is 9.18 Å². The van der Waals surface area contributed by atoms with Gasteiger partial charge in [-0.25, -0.2) is 4.39 Å². The van der Waals surface area contributed by atoms with Gasteiger partial charge in [-0.15, -0.1) is 10.2 Å². The third kappa shape index (κ3) is 4.59. The molecule has 1 fully saturated rings. The molecule has 1 saturated heterocycles. The van der Waals surface area contributed by atoms with E-state index in [1.165, 1.54) is 12.1 Å². The number of hydrogen-bond acceptors (Lipinski definition) is 4. The fourth-order valence-corrected chi connectivity index (χ4v) is 3.63. The zero-order chi connectivity index (χ0) is 20.2. The van der Waals surface area contributed by atoms with Crippen LogP contribution in [0.1, 0.15) is 18.4 Å². The molecule has 1 aliphatic rings. The van der Waals surface area contributed by atoms with Gasteiger partial charge in [0.1, 0.15) is 5.82 Å². The summed E-state index contributed by atoms with van der Waals surface area (Å²) in [5.74, 6) is 0.552. The van der Waals surface area contributed by atoms with Crippen molar-refractivity contribution in [2.45, 2.75) is 19.8 Å². The Hall–Kier alpha value is -3.28. The minimum Gasteiger partial charge on any atom is -0.355 e. The third-order valence-corrected chi connectivity index (χ3v) is 5.25. The molecule has 0 unspecified atom stereocenters. The van der Waals surface area contributed by atoms with Crippen LogP contribution >= 0.6 is 0 Å². The Morgan fingerprint density at radius 1 is 1.03 bits per heavy atom. The first-order valence-electron chi connectivity index (χ1n) is 9.80. The number of hydrogen-bond donors (Lipinski definition) is 1. The number of amides is 1. The smallest absolute Gasteiger partial charge is 0.227 e. The first kappa shape index (κ1) is 19.1. The monoisotopic (exact) mass is 390 g/mol. The lowest BCUT2D eigenvalue weighted by Gasteiger charge is -2.31. The van der Waals surface area contributed by atoms with E-state index in [4.69, 9.17) is 0 Å². The zero-order valence-corrected chi connectivity index (χ0v) is 16.3. The molecule has 1 aromatic heterocycles. The average molecular weight is 390 g/mol. The molecule has 1 aliphatic heterocycles. The highest BCUT2D eigenvalue weighted by atomic mass is 19.1. The summed E-state index contributed by atoms with van der Waals surface area (Å²) in [6, 6.07) is 17.9. The van der Waals surface area contributed by atoms with Crippen molar-refractivity contribution in [2.24, 2.45) is 5.92 Å². The van der Waals surface area contributed by atoms with Crippen molar-refractivity contribution >= 4 is 17.4 Å². The predicted molar refractivity (Wildman–Crippen MR) is 112 cm³/mol. The third-order valence-electron chi connectivity index (χ3n) is 5.25. The van der Waals surface area contributed by atoms with Gasteiger partial charge in [0.15, 0.2) is 5.82 Å². The maximum Gasteiger partial charge on any atom is 0.227 e. The molecule has 0 spiro atoms. The highest BCUT2D eigenvalue weighted by Gasteiger charge is 2.26. The summed E-state index contributed by atoms with van der Waals surface area (Å²) in [4.78, 5) is 14.7. The Morgan fingerprint density at radius 2 is 1.83 bits per heavy atom. The number of anilines is 2. The number of aromatic nitrogens is 2. The molecule has 4 rings (SSSR count). The lowest BCUT2D eigenvalue weighted by molar-refractivity contribution is -0.120.